The van der Waals surface area contributed by atoms with E-state index in [-0.39, 0.29) is 0 Å². The van der Waals surface area contributed by atoms with Crippen LogP contribution in [0.25, 0.3) is 0 Å². The molecule has 0 saturated heterocycles. The molecule has 0 aromatic heterocycles. The predicted octanol–water partition coefficient (Wildman–Crippen LogP) is 4.34. The highest BCUT2D eigenvalue weighted by Crippen LogP contribution is 2.44. The van der Waals surface area contributed by atoms with Crippen LogP contribution in [-0.2, 0) is 0 Å². The highest BCUT2D eigenvalue weighted by molar-refractivity contribution is 5.45. The number of phenolic OH excluding ortho intramolecular Hbond substituents is 1. The fourth-order valence-electron chi connectivity index (χ4n) is 2.92. The van der Waals surface area contributed by atoms with E-state index in [2.05, 4.69) is 26.8 Å². The van der Waals surface area contributed by atoms with Gasteiger partial charge in [-0.3, -0.25) is 0 Å². The number of aromatic hydroxyl groups is 1. The Bertz CT molecular complexity index is 393. The number of benzene rings is 1. The maximum atomic E-state index is 9.82. The molecule has 2 rings (SSSR count). The zero-order valence-corrected chi connectivity index (χ0v) is 10.7. The van der Waals surface area contributed by atoms with Crippen molar-refractivity contribution in [3.63, 3.8) is 0 Å². The Labute approximate surface area is 98.5 Å². The minimum Gasteiger partial charge on any atom is -0.508 e. The SMILES string of the molecule is Cc1cc2c(cc1O)[C@H](C)CC[C@@H]2C(C)C. The molecule has 16 heavy (non-hydrogen) atoms. The maximum Gasteiger partial charge on any atom is 0.118 e. The molecule has 0 radical (unpaired) electrons. The lowest BCUT2D eigenvalue weighted by Gasteiger charge is -2.32. The molecule has 0 saturated carbocycles. The van der Waals surface area contributed by atoms with Crippen molar-refractivity contribution in [3.05, 3.63) is 28.8 Å². The van der Waals surface area contributed by atoms with E-state index in [4.69, 9.17) is 0 Å². The van der Waals surface area contributed by atoms with E-state index in [1.807, 2.05) is 13.0 Å². The summed E-state index contributed by atoms with van der Waals surface area (Å²) < 4.78 is 0. The van der Waals surface area contributed by atoms with Gasteiger partial charge in [0.25, 0.3) is 0 Å². The van der Waals surface area contributed by atoms with Gasteiger partial charge in [-0.15, -0.1) is 0 Å². The molecule has 0 fully saturated rings. The second-order valence-corrected chi connectivity index (χ2v) is 5.60. The molecule has 0 aliphatic heterocycles. The second kappa shape index (κ2) is 4.12. The summed E-state index contributed by atoms with van der Waals surface area (Å²) in [5.74, 6) is 2.41. The molecule has 0 spiro atoms. The molecule has 1 aromatic rings. The monoisotopic (exact) mass is 218 g/mol. The smallest absolute Gasteiger partial charge is 0.118 e. The van der Waals surface area contributed by atoms with E-state index in [9.17, 15) is 5.11 Å². The number of hydrogen-bond donors (Lipinski definition) is 1. The molecule has 1 aliphatic rings. The van der Waals surface area contributed by atoms with Crippen LogP contribution < -0.4 is 0 Å². The Morgan fingerprint density at radius 2 is 1.88 bits per heavy atom. The van der Waals surface area contributed by atoms with Crippen LogP contribution in [-0.4, -0.2) is 5.11 Å². The van der Waals surface area contributed by atoms with Crippen molar-refractivity contribution in [3.8, 4) is 5.75 Å². The fourth-order valence-corrected chi connectivity index (χ4v) is 2.92. The molecule has 0 bridgehead atoms. The molecular weight excluding hydrogens is 196 g/mol. The quantitative estimate of drug-likeness (QED) is 0.743. The Kier molecular flexibility index (Phi) is 2.96. The molecule has 0 amide bonds. The van der Waals surface area contributed by atoms with Crippen molar-refractivity contribution in [2.75, 3.05) is 0 Å². The minimum absolute atomic E-state index is 0.454. The summed E-state index contributed by atoms with van der Waals surface area (Å²) in [6, 6.07) is 4.19. The highest BCUT2D eigenvalue weighted by Gasteiger charge is 2.27. The third-order valence-electron chi connectivity index (χ3n) is 4.05. The predicted molar refractivity (Wildman–Crippen MR) is 68.1 cm³/mol. The summed E-state index contributed by atoms with van der Waals surface area (Å²) in [7, 11) is 0. The van der Waals surface area contributed by atoms with E-state index in [0.29, 0.717) is 23.5 Å². The summed E-state index contributed by atoms with van der Waals surface area (Å²) >= 11 is 0. The van der Waals surface area contributed by atoms with Crippen LogP contribution >= 0.6 is 0 Å². The summed E-state index contributed by atoms with van der Waals surface area (Å²) in [6.45, 7) is 8.86. The number of hydrogen-bond acceptors (Lipinski definition) is 1. The summed E-state index contributed by atoms with van der Waals surface area (Å²) in [6.07, 6.45) is 2.54. The van der Waals surface area contributed by atoms with Gasteiger partial charge in [-0.1, -0.05) is 26.8 Å². The van der Waals surface area contributed by atoms with Gasteiger partial charge in [0.05, 0.1) is 0 Å². The summed E-state index contributed by atoms with van der Waals surface area (Å²) in [5, 5.41) is 9.82. The van der Waals surface area contributed by atoms with Gasteiger partial charge in [-0.05, 0) is 60.3 Å². The lowest BCUT2D eigenvalue weighted by Crippen LogP contribution is -2.17. The van der Waals surface area contributed by atoms with Crippen LogP contribution in [0.3, 0.4) is 0 Å². The summed E-state index contributed by atoms with van der Waals surface area (Å²) in [4.78, 5) is 0. The van der Waals surface area contributed by atoms with Crippen molar-refractivity contribution in [1.82, 2.24) is 0 Å². The third-order valence-corrected chi connectivity index (χ3v) is 4.05. The molecule has 0 heterocycles. The van der Waals surface area contributed by atoms with E-state index in [1.165, 1.54) is 24.0 Å². The minimum atomic E-state index is 0.454. The first-order valence-electron chi connectivity index (χ1n) is 6.34. The van der Waals surface area contributed by atoms with Crippen molar-refractivity contribution in [2.45, 2.75) is 52.4 Å². The number of aryl methyl sites for hydroxylation is 1. The Morgan fingerprint density at radius 1 is 1.19 bits per heavy atom. The van der Waals surface area contributed by atoms with Crippen LogP contribution in [0.15, 0.2) is 12.1 Å². The van der Waals surface area contributed by atoms with Crippen LogP contribution in [0.5, 0.6) is 5.75 Å². The first-order chi connectivity index (χ1) is 7.50. The lowest BCUT2D eigenvalue weighted by atomic mass is 9.72. The molecule has 1 N–H and O–H groups in total. The average molecular weight is 218 g/mol. The van der Waals surface area contributed by atoms with Gasteiger partial charge >= 0.3 is 0 Å². The molecule has 0 unspecified atom stereocenters. The fraction of sp³-hybridized carbons (Fsp3) is 0.600. The van der Waals surface area contributed by atoms with Crippen molar-refractivity contribution in [1.29, 1.82) is 0 Å². The highest BCUT2D eigenvalue weighted by atomic mass is 16.3. The molecule has 1 nitrogen and oxygen atoms in total. The number of phenols is 1. The topological polar surface area (TPSA) is 20.2 Å². The van der Waals surface area contributed by atoms with Gasteiger partial charge in [0, 0.05) is 0 Å². The van der Waals surface area contributed by atoms with E-state index in [1.54, 1.807) is 0 Å². The van der Waals surface area contributed by atoms with Gasteiger partial charge in [-0.25, -0.2) is 0 Å². The molecule has 1 aliphatic carbocycles. The van der Waals surface area contributed by atoms with E-state index in [0.717, 1.165) is 5.56 Å². The van der Waals surface area contributed by atoms with Crippen molar-refractivity contribution in [2.24, 2.45) is 5.92 Å². The Morgan fingerprint density at radius 3 is 2.50 bits per heavy atom. The number of fused-ring (bicyclic) bond motifs is 1. The molecule has 1 heteroatoms. The van der Waals surface area contributed by atoms with Gasteiger partial charge in [0.1, 0.15) is 5.75 Å². The lowest BCUT2D eigenvalue weighted by molar-refractivity contribution is 0.406. The zero-order chi connectivity index (χ0) is 11.9. The molecular formula is C15H22O. The molecule has 2 atom stereocenters. The van der Waals surface area contributed by atoms with Gasteiger partial charge in [-0.2, -0.15) is 0 Å². The standard InChI is InChI=1S/C15H22O/c1-9(2)12-6-5-10(3)13-8-15(16)11(4)7-14(12)13/h7-10,12,16H,5-6H2,1-4H3/t10-,12-/m1/s1. The van der Waals surface area contributed by atoms with Crippen LogP contribution in [0.1, 0.15) is 62.1 Å². The van der Waals surface area contributed by atoms with E-state index < -0.39 is 0 Å². The largest absolute Gasteiger partial charge is 0.508 e. The number of rotatable bonds is 1. The van der Waals surface area contributed by atoms with Gasteiger partial charge < -0.3 is 5.11 Å². The second-order valence-electron chi connectivity index (χ2n) is 5.60. The zero-order valence-electron chi connectivity index (χ0n) is 10.7. The molecule has 1 aromatic carbocycles. The van der Waals surface area contributed by atoms with Crippen molar-refractivity contribution >= 4 is 0 Å². The first-order valence-corrected chi connectivity index (χ1v) is 6.34. The first kappa shape index (κ1) is 11.5. The van der Waals surface area contributed by atoms with Crippen molar-refractivity contribution < 1.29 is 5.11 Å². The van der Waals surface area contributed by atoms with Gasteiger partial charge in [0.15, 0.2) is 0 Å². The third kappa shape index (κ3) is 1.83. The maximum absolute atomic E-state index is 9.82. The normalized spacial score (nSPS) is 24.6. The molecule has 88 valence electrons. The summed E-state index contributed by atoms with van der Waals surface area (Å²) in [5.41, 5.74) is 3.86. The average Bonchev–Trinajstić information content (AvgIpc) is 2.21. The van der Waals surface area contributed by atoms with Crippen LogP contribution in [0.2, 0.25) is 0 Å². The van der Waals surface area contributed by atoms with Crippen LogP contribution in [0.4, 0.5) is 0 Å². The Balaban J connectivity index is 2.52. The van der Waals surface area contributed by atoms with E-state index >= 15 is 0 Å². The van der Waals surface area contributed by atoms with Gasteiger partial charge in [0.2, 0.25) is 0 Å². The Hall–Kier alpha value is -0.980. The van der Waals surface area contributed by atoms with Crippen LogP contribution in [0, 0.1) is 12.8 Å².